The number of benzene rings is 1. The van der Waals surface area contributed by atoms with Crippen LogP contribution in [0.15, 0.2) is 24.4 Å². The maximum atomic E-state index is 13.2. The summed E-state index contributed by atoms with van der Waals surface area (Å²) in [5.74, 6) is -1.39. The van der Waals surface area contributed by atoms with Crippen LogP contribution >= 0.6 is 0 Å². The molecule has 6 nitrogen and oxygen atoms in total. The Labute approximate surface area is 108 Å². The first-order chi connectivity index (χ1) is 8.97. The maximum Gasteiger partial charge on any atom is 0.320 e. The van der Waals surface area contributed by atoms with Gasteiger partial charge >= 0.3 is 5.97 Å². The van der Waals surface area contributed by atoms with E-state index in [0.29, 0.717) is 16.9 Å². The molecular formula is C12H13FN4O2. The van der Waals surface area contributed by atoms with Crippen molar-refractivity contribution >= 4 is 5.97 Å². The predicted octanol–water partition coefficient (Wildman–Crippen LogP) is 0.669. The molecule has 1 aromatic heterocycles. The highest BCUT2D eigenvalue weighted by Gasteiger charge is 2.14. The van der Waals surface area contributed by atoms with Crippen LogP contribution in [-0.4, -0.2) is 32.1 Å². The summed E-state index contributed by atoms with van der Waals surface area (Å²) < 4.78 is 14.6. The van der Waals surface area contributed by atoms with Gasteiger partial charge in [0.25, 0.3) is 0 Å². The summed E-state index contributed by atoms with van der Waals surface area (Å²) >= 11 is 0. The van der Waals surface area contributed by atoms with Crippen LogP contribution in [0, 0.1) is 12.7 Å². The molecular weight excluding hydrogens is 251 g/mol. The summed E-state index contributed by atoms with van der Waals surface area (Å²) in [6, 6.07) is 3.53. The van der Waals surface area contributed by atoms with Gasteiger partial charge in [-0.25, -0.2) is 9.07 Å². The van der Waals surface area contributed by atoms with Crippen molar-refractivity contribution in [3.8, 4) is 5.69 Å². The third kappa shape index (κ3) is 2.94. The lowest BCUT2D eigenvalue weighted by molar-refractivity contribution is -0.138. The van der Waals surface area contributed by atoms with Crippen LogP contribution in [0.2, 0.25) is 0 Å². The van der Waals surface area contributed by atoms with Crippen molar-refractivity contribution in [2.45, 2.75) is 19.4 Å². The molecule has 2 rings (SSSR count). The first-order valence-corrected chi connectivity index (χ1v) is 5.63. The SMILES string of the molecule is Cc1cc(-n2cc(CC(N)C(=O)O)nn2)ccc1F. The zero-order valence-electron chi connectivity index (χ0n) is 10.2. The van der Waals surface area contributed by atoms with Gasteiger partial charge in [0.1, 0.15) is 11.9 Å². The van der Waals surface area contributed by atoms with E-state index in [2.05, 4.69) is 10.3 Å². The lowest BCUT2D eigenvalue weighted by atomic mass is 10.2. The summed E-state index contributed by atoms with van der Waals surface area (Å²) in [5.41, 5.74) is 7.03. The van der Waals surface area contributed by atoms with Crippen molar-refractivity contribution in [3.63, 3.8) is 0 Å². The fourth-order valence-corrected chi connectivity index (χ4v) is 1.60. The Bertz CT molecular complexity index is 612. The summed E-state index contributed by atoms with van der Waals surface area (Å²) in [5, 5.41) is 16.4. The molecule has 0 bridgehead atoms. The topological polar surface area (TPSA) is 94.0 Å². The Morgan fingerprint density at radius 3 is 2.95 bits per heavy atom. The van der Waals surface area contributed by atoms with Gasteiger partial charge in [-0.1, -0.05) is 5.21 Å². The second-order valence-corrected chi connectivity index (χ2v) is 4.24. The molecule has 0 fully saturated rings. The van der Waals surface area contributed by atoms with E-state index >= 15 is 0 Å². The van der Waals surface area contributed by atoms with Crippen molar-refractivity contribution in [3.05, 3.63) is 41.5 Å². The second-order valence-electron chi connectivity index (χ2n) is 4.24. The predicted molar refractivity (Wildman–Crippen MR) is 65.4 cm³/mol. The molecule has 0 aliphatic carbocycles. The minimum atomic E-state index is -1.09. The van der Waals surface area contributed by atoms with Gasteiger partial charge in [0.05, 0.1) is 17.6 Å². The fraction of sp³-hybridized carbons (Fsp3) is 0.250. The van der Waals surface area contributed by atoms with E-state index in [1.165, 1.54) is 10.7 Å². The van der Waals surface area contributed by atoms with E-state index in [-0.39, 0.29) is 12.2 Å². The van der Waals surface area contributed by atoms with E-state index in [9.17, 15) is 9.18 Å². The quantitative estimate of drug-likeness (QED) is 0.846. The summed E-state index contributed by atoms with van der Waals surface area (Å²) in [4.78, 5) is 10.6. The van der Waals surface area contributed by atoms with Gasteiger partial charge in [0.15, 0.2) is 0 Å². The van der Waals surface area contributed by atoms with Gasteiger partial charge in [-0.05, 0) is 30.7 Å². The molecule has 19 heavy (non-hydrogen) atoms. The lowest BCUT2D eigenvalue weighted by Gasteiger charge is -2.03. The number of aryl methyl sites for hydroxylation is 1. The third-order valence-corrected chi connectivity index (χ3v) is 2.69. The van der Waals surface area contributed by atoms with E-state index < -0.39 is 12.0 Å². The van der Waals surface area contributed by atoms with E-state index in [1.807, 2.05) is 0 Å². The number of nitrogens with zero attached hydrogens (tertiary/aromatic N) is 3. The number of aromatic nitrogens is 3. The van der Waals surface area contributed by atoms with Crippen molar-refractivity contribution < 1.29 is 14.3 Å². The molecule has 0 radical (unpaired) electrons. The molecule has 100 valence electrons. The van der Waals surface area contributed by atoms with Crippen LogP contribution < -0.4 is 5.73 Å². The van der Waals surface area contributed by atoms with Crippen molar-refractivity contribution in [2.75, 3.05) is 0 Å². The molecule has 1 aromatic carbocycles. The Morgan fingerprint density at radius 2 is 2.32 bits per heavy atom. The molecule has 1 unspecified atom stereocenters. The standard InChI is InChI=1S/C12H13FN4O2/c1-7-4-9(2-3-10(7)13)17-6-8(15-16-17)5-11(14)12(18)19/h2-4,6,11H,5,14H2,1H3,(H,18,19). The monoisotopic (exact) mass is 264 g/mol. The van der Waals surface area contributed by atoms with Crippen LogP contribution in [0.4, 0.5) is 4.39 Å². The molecule has 1 atom stereocenters. The van der Waals surface area contributed by atoms with Crippen LogP contribution in [0.3, 0.4) is 0 Å². The smallest absolute Gasteiger partial charge is 0.320 e. The van der Waals surface area contributed by atoms with Crippen molar-refractivity contribution in [1.82, 2.24) is 15.0 Å². The Balaban J connectivity index is 2.20. The number of hydrogen-bond acceptors (Lipinski definition) is 4. The van der Waals surface area contributed by atoms with Gasteiger partial charge in [0.2, 0.25) is 0 Å². The number of nitrogens with two attached hydrogens (primary N) is 1. The van der Waals surface area contributed by atoms with Gasteiger partial charge < -0.3 is 10.8 Å². The molecule has 0 saturated heterocycles. The Hall–Kier alpha value is -2.28. The van der Waals surface area contributed by atoms with Crippen molar-refractivity contribution in [1.29, 1.82) is 0 Å². The highest BCUT2D eigenvalue weighted by molar-refractivity contribution is 5.73. The van der Waals surface area contributed by atoms with Crippen LogP contribution in [0.25, 0.3) is 5.69 Å². The zero-order valence-corrected chi connectivity index (χ0v) is 10.2. The normalized spacial score (nSPS) is 12.4. The van der Waals surface area contributed by atoms with E-state index in [1.54, 1.807) is 25.3 Å². The minimum absolute atomic E-state index is 0.0928. The fourth-order valence-electron chi connectivity index (χ4n) is 1.60. The summed E-state index contributed by atoms with van der Waals surface area (Å²) in [6.45, 7) is 1.65. The number of carbonyl (C=O) groups is 1. The Morgan fingerprint density at radius 1 is 1.58 bits per heavy atom. The molecule has 0 aliphatic rings. The van der Waals surface area contributed by atoms with Gasteiger partial charge in [0, 0.05) is 6.42 Å². The van der Waals surface area contributed by atoms with Crippen molar-refractivity contribution in [2.24, 2.45) is 5.73 Å². The molecule has 0 amide bonds. The number of aliphatic carboxylic acids is 1. The first kappa shape index (κ1) is 13.2. The number of carboxylic acid groups (broad SMARTS) is 1. The number of halogens is 1. The summed E-state index contributed by atoms with van der Waals surface area (Å²) in [7, 11) is 0. The highest BCUT2D eigenvalue weighted by atomic mass is 19.1. The van der Waals surface area contributed by atoms with E-state index in [0.717, 1.165) is 0 Å². The third-order valence-electron chi connectivity index (χ3n) is 2.69. The number of rotatable bonds is 4. The van der Waals surface area contributed by atoms with Gasteiger partial charge in [-0.2, -0.15) is 0 Å². The van der Waals surface area contributed by atoms with E-state index in [4.69, 9.17) is 10.8 Å². The van der Waals surface area contributed by atoms with Crippen LogP contribution in [0.1, 0.15) is 11.3 Å². The molecule has 3 N–H and O–H groups in total. The van der Waals surface area contributed by atoms with Gasteiger partial charge in [-0.3, -0.25) is 4.79 Å². The molecule has 2 aromatic rings. The number of hydrogen-bond donors (Lipinski definition) is 2. The second kappa shape index (κ2) is 5.15. The molecule has 0 spiro atoms. The molecule has 0 saturated carbocycles. The zero-order chi connectivity index (χ0) is 14.0. The van der Waals surface area contributed by atoms with Crippen LogP contribution in [-0.2, 0) is 11.2 Å². The lowest BCUT2D eigenvalue weighted by Crippen LogP contribution is -2.32. The maximum absolute atomic E-state index is 13.2. The highest BCUT2D eigenvalue weighted by Crippen LogP contribution is 2.13. The molecule has 1 heterocycles. The largest absolute Gasteiger partial charge is 0.480 e. The average Bonchev–Trinajstić information content (AvgIpc) is 2.81. The minimum Gasteiger partial charge on any atom is -0.480 e. The molecule has 7 heteroatoms. The first-order valence-electron chi connectivity index (χ1n) is 5.63. The molecule has 0 aliphatic heterocycles. The number of carboxylic acids is 1. The average molecular weight is 264 g/mol. The summed E-state index contributed by atoms with van der Waals surface area (Å²) in [6.07, 6.45) is 1.67. The van der Waals surface area contributed by atoms with Crippen LogP contribution in [0.5, 0.6) is 0 Å². The van der Waals surface area contributed by atoms with Gasteiger partial charge in [-0.15, -0.1) is 5.10 Å². The Kier molecular flexibility index (Phi) is 3.57.